The molecule has 0 radical (unpaired) electrons. The van der Waals surface area contributed by atoms with Crippen molar-refractivity contribution in [1.29, 1.82) is 0 Å². The Morgan fingerprint density at radius 1 is 1.31 bits per heavy atom. The molecule has 2 amide bonds. The summed E-state index contributed by atoms with van der Waals surface area (Å²) < 4.78 is 13.6. The zero-order valence-corrected chi connectivity index (χ0v) is 21.0. The van der Waals surface area contributed by atoms with E-state index in [1.807, 2.05) is 49.7 Å². The summed E-state index contributed by atoms with van der Waals surface area (Å²) in [6.45, 7) is 14.3. The quantitative estimate of drug-likeness (QED) is 0.220. The van der Waals surface area contributed by atoms with Crippen LogP contribution in [0.5, 0.6) is 5.88 Å². The first kappa shape index (κ1) is 25.0. The molecular formula is C27H32N6O3. The van der Waals surface area contributed by atoms with Crippen LogP contribution in [0.25, 0.3) is 28.0 Å². The lowest BCUT2D eigenvalue weighted by Crippen LogP contribution is -2.44. The Hall–Kier alpha value is -4.14. The molecule has 0 aromatic carbocycles. The molecule has 0 aliphatic heterocycles. The maximum Gasteiger partial charge on any atom is 0.318 e. The van der Waals surface area contributed by atoms with Gasteiger partial charge in [-0.25, -0.2) is 19.7 Å². The summed E-state index contributed by atoms with van der Waals surface area (Å²) in [5.41, 5.74) is 4.07. The van der Waals surface area contributed by atoms with Gasteiger partial charge in [-0.3, -0.25) is 0 Å². The van der Waals surface area contributed by atoms with Crippen LogP contribution in [0.1, 0.15) is 45.3 Å². The molecule has 1 unspecified atom stereocenters. The number of carbonyl (C=O) groups excluding carboxylic acids is 1. The van der Waals surface area contributed by atoms with Crippen molar-refractivity contribution in [3.8, 4) is 17.1 Å². The van der Waals surface area contributed by atoms with Gasteiger partial charge in [-0.05, 0) is 39.7 Å². The fourth-order valence-corrected chi connectivity index (χ4v) is 4.11. The molecule has 0 fully saturated rings. The number of pyridine rings is 1. The molecular weight excluding hydrogens is 456 g/mol. The van der Waals surface area contributed by atoms with Crippen LogP contribution in [0.3, 0.4) is 0 Å². The Bertz CT molecular complexity index is 1370. The summed E-state index contributed by atoms with van der Waals surface area (Å²) in [4.78, 5) is 28.7. The van der Waals surface area contributed by atoms with Gasteiger partial charge in [0.25, 0.3) is 5.88 Å². The van der Waals surface area contributed by atoms with Crippen LogP contribution in [-0.4, -0.2) is 49.5 Å². The molecule has 0 aliphatic carbocycles. The number of aromatic nitrogens is 4. The number of rotatable bonds is 11. The van der Waals surface area contributed by atoms with Gasteiger partial charge < -0.3 is 23.8 Å². The first-order valence-corrected chi connectivity index (χ1v) is 12.1. The summed E-state index contributed by atoms with van der Waals surface area (Å²) in [6.07, 6.45) is 12.0. The number of urea groups is 1. The van der Waals surface area contributed by atoms with Crippen molar-refractivity contribution >= 4 is 22.8 Å². The Kier molecular flexibility index (Phi) is 7.68. The van der Waals surface area contributed by atoms with E-state index in [2.05, 4.69) is 23.5 Å². The maximum absolute atomic E-state index is 13.0. The molecule has 4 aromatic rings. The van der Waals surface area contributed by atoms with Crippen LogP contribution in [0.4, 0.5) is 4.79 Å². The van der Waals surface area contributed by atoms with Gasteiger partial charge in [-0.15, -0.1) is 13.2 Å². The smallest absolute Gasteiger partial charge is 0.318 e. The van der Waals surface area contributed by atoms with Gasteiger partial charge in [0.1, 0.15) is 5.52 Å². The fraction of sp³-hybridized carbons (Fsp3) is 0.333. The van der Waals surface area contributed by atoms with E-state index in [9.17, 15) is 4.79 Å². The van der Waals surface area contributed by atoms with Crippen molar-refractivity contribution in [3.63, 3.8) is 0 Å². The molecule has 9 heteroatoms. The van der Waals surface area contributed by atoms with Crippen LogP contribution < -0.4 is 10.1 Å². The molecule has 4 aromatic heterocycles. The maximum atomic E-state index is 13.0. The van der Waals surface area contributed by atoms with E-state index in [0.717, 1.165) is 11.3 Å². The third-order valence-electron chi connectivity index (χ3n) is 6.00. The van der Waals surface area contributed by atoms with Crippen LogP contribution in [-0.2, 0) is 0 Å². The molecule has 0 saturated carbocycles. The largest absolute Gasteiger partial charge is 0.475 e. The van der Waals surface area contributed by atoms with E-state index < -0.39 is 0 Å². The molecule has 0 saturated heterocycles. The Morgan fingerprint density at radius 3 is 2.89 bits per heavy atom. The van der Waals surface area contributed by atoms with Gasteiger partial charge in [0.05, 0.1) is 30.3 Å². The topological polar surface area (TPSA) is 97.8 Å². The number of nitrogens with zero attached hydrogens (tertiary/aromatic N) is 5. The van der Waals surface area contributed by atoms with E-state index in [1.54, 1.807) is 29.5 Å². The number of furan rings is 1. The lowest BCUT2D eigenvalue weighted by Gasteiger charge is -2.29. The average Bonchev–Trinajstić information content (AvgIpc) is 3.53. The minimum Gasteiger partial charge on any atom is -0.475 e. The first-order chi connectivity index (χ1) is 17.5. The number of imidazole rings is 1. The van der Waals surface area contributed by atoms with E-state index in [1.165, 1.54) is 0 Å². The lowest BCUT2D eigenvalue weighted by molar-refractivity contribution is 0.178. The predicted octanol–water partition coefficient (Wildman–Crippen LogP) is 5.55. The fourth-order valence-electron chi connectivity index (χ4n) is 4.11. The predicted molar refractivity (Wildman–Crippen MR) is 140 cm³/mol. The standard InChI is InChI=1S/C27H32N6O3/c1-6-9-14-36-26-25-28-12-13-32(25)17-23(31-26)20-16-22(30-21-11-15-35-24(20)21)19(5)33(8-3)27(34)29-18(4)10-7-2/h6-7,11-13,15-19H,1-2,8-10,14H2,3-5H3,(H,29,34)/t18-,19?/m0/s1. The lowest BCUT2D eigenvalue weighted by atomic mass is 10.1. The van der Waals surface area contributed by atoms with Crippen LogP contribution in [0, 0.1) is 0 Å². The molecule has 4 heterocycles. The molecule has 0 spiro atoms. The molecule has 2 atom stereocenters. The first-order valence-electron chi connectivity index (χ1n) is 12.1. The minimum atomic E-state index is -0.288. The van der Waals surface area contributed by atoms with Gasteiger partial charge >= 0.3 is 6.03 Å². The van der Waals surface area contributed by atoms with Gasteiger partial charge in [0.2, 0.25) is 5.65 Å². The second kappa shape index (κ2) is 11.1. The molecule has 4 rings (SSSR count). The van der Waals surface area contributed by atoms with Crippen LogP contribution >= 0.6 is 0 Å². The Labute approximate surface area is 210 Å². The number of carbonyl (C=O) groups is 1. The molecule has 36 heavy (non-hydrogen) atoms. The van der Waals surface area contributed by atoms with Gasteiger partial charge in [-0.1, -0.05) is 12.2 Å². The van der Waals surface area contributed by atoms with Crippen molar-refractivity contribution in [1.82, 2.24) is 29.6 Å². The SMILES string of the molecule is C=CCCOc1nc(-c2cc(C(C)N(CC)C(=O)N[C@@H](C)CC=C)nc3ccoc23)cn2ccnc12. The minimum absolute atomic E-state index is 0.0123. The van der Waals surface area contributed by atoms with Gasteiger partial charge in [0, 0.05) is 42.8 Å². The highest BCUT2D eigenvalue weighted by Gasteiger charge is 2.24. The van der Waals surface area contributed by atoms with E-state index in [4.69, 9.17) is 19.1 Å². The zero-order chi connectivity index (χ0) is 25.7. The molecule has 9 nitrogen and oxygen atoms in total. The van der Waals surface area contributed by atoms with Gasteiger partial charge in [0.15, 0.2) is 5.58 Å². The second-order valence-corrected chi connectivity index (χ2v) is 8.58. The van der Waals surface area contributed by atoms with Gasteiger partial charge in [-0.2, -0.15) is 0 Å². The highest BCUT2D eigenvalue weighted by atomic mass is 16.5. The zero-order valence-electron chi connectivity index (χ0n) is 21.0. The van der Waals surface area contributed by atoms with Crippen LogP contribution in [0.2, 0.25) is 0 Å². The molecule has 0 bridgehead atoms. The summed E-state index contributed by atoms with van der Waals surface area (Å²) in [5, 5.41) is 3.03. The summed E-state index contributed by atoms with van der Waals surface area (Å²) >= 11 is 0. The second-order valence-electron chi connectivity index (χ2n) is 8.58. The summed E-state index contributed by atoms with van der Waals surface area (Å²) in [6, 6.07) is 3.30. The highest BCUT2D eigenvalue weighted by Crippen LogP contribution is 2.33. The Morgan fingerprint density at radius 2 is 2.14 bits per heavy atom. The highest BCUT2D eigenvalue weighted by molar-refractivity contribution is 5.89. The molecule has 0 aliphatic rings. The van der Waals surface area contributed by atoms with Crippen molar-refractivity contribution in [3.05, 3.63) is 68.0 Å². The van der Waals surface area contributed by atoms with E-state index >= 15 is 0 Å². The third-order valence-corrected chi connectivity index (χ3v) is 6.00. The van der Waals surface area contributed by atoms with Crippen molar-refractivity contribution in [2.75, 3.05) is 13.2 Å². The number of amides is 2. The van der Waals surface area contributed by atoms with E-state index in [0.29, 0.717) is 54.3 Å². The van der Waals surface area contributed by atoms with Crippen molar-refractivity contribution in [2.24, 2.45) is 0 Å². The number of nitrogens with one attached hydrogen (secondary N) is 1. The van der Waals surface area contributed by atoms with Crippen LogP contribution in [0.15, 0.2) is 66.7 Å². The van der Waals surface area contributed by atoms with E-state index in [-0.39, 0.29) is 18.1 Å². The van der Waals surface area contributed by atoms with Crippen molar-refractivity contribution in [2.45, 2.75) is 45.7 Å². The van der Waals surface area contributed by atoms with Crippen molar-refractivity contribution < 1.29 is 13.9 Å². The summed E-state index contributed by atoms with van der Waals surface area (Å²) in [5.74, 6) is 0.427. The summed E-state index contributed by atoms with van der Waals surface area (Å²) in [7, 11) is 0. The third kappa shape index (κ3) is 5.10. The normalized spacial score (nSPS) is 12.9. The number of hydrogen-bond acceptors (Lipinski definition) is 6. The monoisotopic (exact) mass is 488 g/mol. The molecule has 1 N–H and O–H groups in total. The molecule has 188 valence electrons. The number of hydrogen-bond donors (Lipinski definition) is 1. The Balaban J connectivity index is 1.74. The number of fused-ring (bicyclic) bond motifs is 2. The number of ether oxygens (including phenoxy) is 1. The average molecular weight is 489 g/mol.